The molecule has 4 heterocycles. The van der Waals surface area contributed by atoms with E-state index in [9.17, 15) is 0 Å². The van der Waals surface area contributed by atoms with Crippen LogP contribution in [0.1, 0.15) is 50.7 Å². The Kier molecular flexibility index (Phi) is 6.23. The molecule has 4 aromatic heterocycles. The fraction of sp³-hybridized carbons (Fsp3) is 0.200. The first-order valence-corrected chi connectivity index (χ1v) is 16.7. The van der Waals surface area contributed by atoms with E-state index in [4.69, 9.17) is 9.97 Å². The van der Waals surface area contributed by atoms with Gasteiger partial charge in [0.05, 0.1) is 55.5 Å². The van der Waals surface area contributed by atoms with E-state index in [2.05, 4.69) is 141 Å². The largest absolute Gasteiger partial charge is 0.278 e. The molecular formula is C40H36N6. The number of imidazole rings is 4. The van der Waals surface area contributed by atoms with Crippen LogP contribution in [-0.4, -0.2) is 27.9 Å². The average Bonchev–Trinajstić information content (AvgIpc) is 3.83. The summed E-state index contributed by atoms with van der Waals surface area (Å²) < 4.78 is 9.29. The zero-order valence-electron chi connectivity index (χ0n) is 26.3. The van der Waals surface area contributed by atoms with Gasteiger partial charge in [-0.15, -0.1) is 0 Å². The quantitative estimate of drug-likeness (QED) is 0.174. The molecule has 0 fully saturated rings. The molecular weight excluding hydrogens is 564 g/mol. The first-order chi connectivity index (χ1) is 22.8. The van der Waals surface area contributed by atoms with E-state index in [1.807, 2.05) is 0 Å². The van der Waals surface area contributed by atoms with Crippen molar-refractivity contribution in [2.75, 3.05) is 0 Å². The number of aromatic nitrogens is 6. The standard InChI is InChI=1S/C40H36N6/c1-3-5-14-27-16-11-24-35-37(27)41-39-43(31-20-7-9-22-33(31)45(35)39)29-18-13-19-30(26-29)44-32-21-8-10-23-34(32)46-36-25-12-17-28(15-6-4-2)38(36)42-40(44)46/h7-13,16-26H,3-6,14-15H2,1-2H3. The maximum atomic E-state index is 5.34. The summed E-state index contributed by atoms with van der Waals surface area (Å²) in [6.07, 6.45) is 6.73. The lowest BCUT2D eigenvalue weighted by molar-refractivity contribution is 0.798. The van der Waals surface area contributed by atoms with Crippen LogP contribution in [0.2, 0.25) is 0 Å². The van der Waals surface area contributed by atoms with Crippen molar-refractivity contribution in [3.63, 3.8) is 0 Å². The SMILES string of the molecule is CCCCc1cccc2c1nc1n(-c3cccc(-n4c5ccccc5n5c6cccc(CCCC)c6nc45)c3)c3ccccc3n21. The van der Waals surface area contributed by atoms with E-state index >= 15 is 0 Å². The van der Waals surface area contributed by atoms with E-state index in [0.717, 1.165) is 92.7 Å². The van der Waals surface area contributed by atoms with E-state index < -0.39 is 0 Å². The third-order valence-electron chi connectivity index (χ3n) is 9.57. The van der Waals surface area contributed by atoms with Crippen LogP contribution >= 0.6 is 0 Å². The molecule has 5 aromatic carbocycles. The molecule has 0 N–H and O–H groups in total. The van der Waals surface area contributed by atoms with Gasteiger partial charge in [0.15, 0.2) is 0 Å². The molecule has 0 aliphatic carbocycles. The van der Waals surface area contributed by atoms with Crippen molar-refractivity contribution < 1.29 is 0 Å². The highest BCUT2D eigenvalue weighted by molar-refractivity contribution is 5.95. The summed E-state index contributed by atoms with van der Waals surface area (Å²) in [6.45, 7) is 4.49. The topological polar surface area (TPSA) is 44.5 Å². The van der Waals surface area contributed by atoms with Gasteiger partial charge in [-0.3, -0.25) is 17.9 Å². The molecule has 0 bridgehead atoms. The van der Waals surface area contributed by atoms with Crippen LogP contribution in [0.25, 0.3) is 67.1 Å². The summed E-state index contributed by atoms with van der Waals surface area (Å²) in [5.74, 6) is 1.87. The molecule has 0 radical (unpaired) electrons. The van der Waals surface area contributed by atoms with Gasteiger partial charge in [0, 0.05) is 0 Å². The number of aryl methyl sites for hydroxylation is 2. The maximum Gasteiger partial charge on any atom is 0.220 e. The van der Waals surface area contributed by atoms with Crippen LogP contribution < -0.4 is 0 Å². The summed E-state index contributed by atoms with van der Waals surface area (Å²) in [4.78, 5) is 10.7. The lowest BCUT2D eigenvalue weighted by Crippen LogP contribution is -2.00. The number of hydrogen-bond donors (Lipinski definition) is 0. The first-order valence-electron chi connectivity index (χ1n) is 16.7. The summed E-state index contributed by atoms with van der Waals surface area (Å²) in [6, 6.07) is 39.4. The van der Waals surface area contributed by atoms with E-state index in [0.29, 0.717) is 0 Å². The van der Waals surface area contributed by atoms with Crippen LogP contribution in [0.3, 0.4) is 0 Å². The van der Waals surface area contributed by atoms with Crippen LogP contribution in [0.4, 0.5) is 0 Å². The number of fused-ring (bicyclic) bond motifs is 10. The summed E-state index contributed by atoms with van der Waals surface area (Å²) >= 11 is 0. The molecule has 0 unspecified atom stereocenters. The van der Waals surface area contributed by atoms with Crippen LogP contribution in [0.15, 0.2) is 109 Å². The zero-order valence-corrected chi connectivity index (χ0v) is 26.3. The monoisotopic (exact) mass is 600 g/mol. The first kappa shape index (κ1) is 27.0. The Hall–Kier alpha value is -5.36. The van der Waals surface area contributed by atoms with Crippen molar-refractivity contribution in [2.45, 2.75) is 52.4 Å². The van der Waals surface area contributed by atoms with E-state index in [1.165, 1.54) is 24.0 Å². The Morgan fingerprint density at radius 1 is 0.457 bits per heavy atom. The number of rotatable bonds is 8. The fourth-order valence-electron chi connectivity index (χ4n) is 7.38. The summed E-state index contributed by atoms with van der Waals surface area (Å²) in [5.41, 5.74) is 13.9. The highest BCUT2D eigenvalue weighted by Gasteiger charge is 2.21. The zero-order chi connectivity index (χ0) is 30.8. The molecule has 6 heteroatoms. The third-order valence-corrected chi connectivity index (χ3v) is 9.57. The molecule has 46 heavy (non-hydrogen) atoms. The van der Waals surface area contributed by atoms with Gasteiger partial charge in [0.25, 0.3) is 0 Å². The summed E-state index contributed by atoms with van der Waals surface area (Å²) in [7, 11) is 0. The molecule has 0 saturated heterocycles. The second-order valence-corrected chi connectivity index (χ2v) is 12.4. The number of nitrogens with zero attached hydrogens (tertiary/aromatic N) is 6. The number of para-hydroxylation sites is 6. The van der Waals surface area contributed by atoms with E-state index in [-0.39, 0.29) is 0 Å². The smallest absolute Gasteiger partial charge is 0.220 e. The summed E-state index contributed by atoms with van der Waals surface area (Å²) in [5, 5.41) is 0. The van der Waals surface area contributed by atoms with Crippen LogP contribution in [0.5, 0.6) is 0 Å². The van der Waals surface area contributed by atoms with Crippen molar-refractivity contribution in [1.82, 2.24) is 27.9 Å². The maximum absolute atomic E-state index is 5.34. The Labute approximate surface area is 267 Å². The highest BCUT2D eigenvalue weighted by atomic mass is 15.2. The minimum atomic E-state index is 0.937. The van der Waals surface area contributed by atoms with Gasteiger partial charge in [0.2, 0.25) is 11.6 Å². The van der Waals surface area contributed by atoms with Crippen molar-refractivity contribution >= 4 is 55.7 Å². The molecule has 0 amide bonds. The average molecular weight is 601 g/mol. The fourth-order valence-corrected chi connectivity index (χ4v) is 7.38. The Balaban J connectivity index is 1.30. The number of unbranched alkanes of at least 4 members (excludes halogenated alkanes) is 2. The number of benzene rings is 5. The van der Waals surface area contributed by atoms with Crippen molar-refractivity contribution in [3.8, 4) is 11.4 Å². The van der Waals surface area contributed by atoms with Crippen molar-refractivity contribution in [3.05, 3.63) is 120 Å². The van der Waals surface area contributed by atoms with Gasteiger partial charge in [-0.1, -0.05) is 81.3 Å². The van der Waals surface area contributed by atoms with Gasteiger partial charge in [0.1, 0.15) is 0 Å². The molecule has 9 aromatic rings. The van der Waals surface area contributed by atoms with Crippen LogP contribution in [0, 0.1) is 0 Å². The molecule has 226 valence electrons. The molecule has 0 saturated carbocycles. The Bertz CT molecular complexity index is 2400. The normalized spacial score (nSPS) is 12.2. The van der Waals surface area contributed by atoms with Gasteiger partial charge in [-0.25, -0.2) is 9.97 Å². The van der Waals surface area contributed by atoms with Gasteiger partial charge in [-0.05, 0) is 91.4 Å². The second-order valence-electron chi connectivity index (χ2n) is 12.4. The Morgan fingerprint density at radius 3 is 1.33 bits per heavy atom. The van der Waals surface area contributed by atoms with Crippen molar-refractivity contribution in [2.24, 2.45) is 0 Å². The number of hydrogen-bond acceptors (Lipinski definition) is 2. The predicted octanol–water partition coefficient (Wildman–Crippen LogP) is 9.86. The molecule has 6 nitrogen and oxygen atoms in total. The van der Waals surface area contributed by atoms with Gasteiger partial charge >= 0.3 is 0 Å². The third kappa shape index (κ3) is 3.89. The Morgan fingerprint density at radius 2 is 0.870 bits per heavy atom. The predicted molar refractivity (Wildman–Crippen MR) is 190 cm³/mol. The van der Waals surface area contributed by atoms with E-state index in [1.54, 1.807) is 0 Å². The van der Waals surface area contributed by atoms with Gasteiger partial charge < -0.3 is 0 Å². The van der Waals surface area contributed by atoms with Gasteiger partial charge in [-0.2, -0.15) is 0 Å². The second kappa shape index (κ2) is 10.6. The molecule has 0 atom stereocenters. The molecule has 0 aliphatic rings. The lowest BCUT2D eigenvalue weighted by Gasteiger charge is -2.10. The molecule has 0 spiro atoms. The minimum absolute atomic E-state index is 0.937. The lowest BCUT2D eigenvalue weighted by atomic mass is 10.1. The van der Waals surface area contributed by atoms with Crippen molar-refractivity contribution in [1.29, 1.82) is 0 Å². The van der Waals surface area contributed by atoms with Crippen LogP contribution in [-0.2, 0) is 12.8 Å². The highest BCUT2D eigenvalue weighted by Crippen LogP contribution is 2.34. The minimum Gasteiger partial charge on any atom is -0.278 e. The molecule has 9 rings (SSSR count). The molecule has 0 aliphatic heterocycles.